The highest BCUT2D eigenvalue weighted by Gasteiger charge is 2.24. The van der Waals surface area contributed by atoms with Gasteiger partial charge in [0.05, 0.1) is 13.2 Å². The first-order valence-corrected chi connectivity index (χ1v) is 12.7. The first kappa shape index (κ1) is 29.0. The van der Waals surface area contributed by atoms with E-state index in [2.05, 4.69) is 6.92 Å². The molecule has 0 spiro atoms. The van der Waals surface area contributed by atoms with Crippen LogP contribution in [0.2, 0.25) is 0 Å². The molecule has 1 amide bonds. The number of carbonyl (C=O) groups excluding carboxylic acids is 2. The second-order valence-electron chi connectivity index (χ2n) is 8.21. The van der Waals surface area contributed by atoms with Crippen molar-refractivity contribution in [2.24, 2.45) is 0 Å². The summed E-state index contributed by atoms with van der Waals surface area (Å²) in [6.07, 6.45) is 18.2. The molecule has 1 atom stereocenters. The van der Waals surface area contributed by atoms with E-state index in [1.807, 2.05) is 0 Å². The molecule has 30 heavy (non-hydrogen) atoms. The summed E-state index contributed by atoms with van der Waals surface area (Å²) in [6, 6.07) is -0.653. The molecular formula is C24H46ClNO4. The minimum absolute atomic E-state index is 0.257. The first-order chi connectivity index (χ1) is 14.5. The third kappa shape index (κ3) is 16.8. The number of amides is 1. The van der Waals surface area contributed by atoms with Crippen molar-refractivity contribution in [1.29, 1.82) is 0 Å². The quantitative estimate of drug-likeness (QED) is 0.113. The molecule has 5 nitrogen and oxygen atoms in total. The minimum Gasteiger partial charge on any atom is -0.464 e. The smallest absolute Gasteiger partial charge is 0.410 e. The number of halogens is 1. The van der Waals surface area contributed by atoms with Crippen LogP contribution in [0.5, 0.6) is 0 Å². The molecule has 6 heteroatoms. The van der Waals surface area contributed by atoms with Crippen molar-refractivity contribution in [3.05, 3.63) is 0 Å². The van der Waals surface area contributed by atoms with Crippen LogP contribution in [0.25, 0.3) is 0 Å². The van der Waals surface area contributed by atoms with Crippen LogP contribution in [0.3, 0.4) is 0 Å². The second-order valence-corrected chi connectivity index (χ2v) is 8.59. The maximum Gasteiger partial charge on any atom is 0.410 e. The van der Waals surface area contributed by atoms with Gasteiger partial charge in [-0.05, 0) is 19.8 Å². The van der Waals surface area contributed by atoms with Gasteiger partial charge in [0.25, 0.3) is 0 Å². The van der Waals surface area contributed by atoms with Crippen LogP contribution in [0.1, 0.15) is 110 Å². The number of carbonyl (C=O) groups is 2. The van der Waals surface area contributed by atoms with Crippen LogP contribution in [-0.4, -0.2) is 49.1 Å². The zero-order valence-electron chi connectivity index (χ0n) is 19.8. The van der Waals surface area contributed by atoms with E-state index < -0.39 is 12.1 Å². The maximum absolute atomic E-state index is 12.1. The van der Waals surface area contributed by atoms with E-state index in [4.69, 9.17) is 21.1 Å². The number of hydrogen-bond donors (Lipinski definition) is 0. The SMILES string of the molecule is CCCCCCCCCCCCCCCCOC(=O)C(C)N(C)C(=O)OCCCCl. The lowest BCUT2D eigenvalue weighted by molar-refractivity contribution is -0.148. The van der Waals surface area contributed by atoms with Crippen LogP contribution >= 0.6 is 11.6 Å². The fraction of sp³-hybridized carbons (Fsp3) is 0.917. The average molecular weight is 448 g/mol. The molecule has 0 aromatic rings. The molecule has 0 aliphatic rings. The second kappa shape index (κ2) is 21.3. The predicted octanol–water partition coefficient (Wildman–Crippen LogP) is 7.10. The van der Waals surface area contributed by atoms with E-state index in [9.17, 15) is 9.59 Å². The van der Waals surface area contributed by atoms with E-state index >= 15 is 0 Å². The van der Waals surface area contributed by atoms with Gasteiger partial charge in [0.2, 0.25) is 0 Å². The maximum atomic E-state index is 12.1. The normalized spacial score (nSPS) is 11.9. The summed E-state index contributed by atoms with van der Waals surface area (Å²) in [5.74, 6) is 0.0508. The Labute approximate surface area is 190 Å². The fourth-order valence-corrected chi connectivity index (χ4v) is 3.33. The highest BCUT2D eigenvalue weighted by atomic mass is 35.5. The van der Waals surface area contributed by atoms with Gasteiger partial charge >= 0.3 is 12.1 Å². The van der Waals surface area contributed by atoms with E-state index in [0.717, 1.165) is 12.8 Å². The Balaban J connectivity index is 3.50. The third-order valence-electron chi connectivity index (χ3n) is 5.46. The number of unbranched alkanes of at least 4 members (excludes halogenated alkanes) is 13. The third-order valence-corrected chi connectivity index (χ3v) is 5.72. The van der Waals surface area contributed by atoms with Gasteiger partial charge in [0, 0.05) is 12.9 Å². The van der Waals surface area contributed by atoms with E-state index in [1.54, 1.807) is 14.0 Å². The Morgan fingerprint density at radius 1 is 0.733 bits per heavy atom. The largest absolute Gasteiger partial charge is 0.464 e. The topological polar surface area (TPSA) is 55.8 Å². The van der Waals surface area contributed by atoms with Crippen LogP contribution in [0.4, 0.5) is 4.79 Å². The number of esters is 1. The van der Waals surface area contributed by atoms with Gasteiger partial charge in [-0.3, -0.25) is 4.90 Å². The number of likely N-dealkylation sites (N-methyl/N-ethyl adjacent to an activating group) is 1. The van der Waals surface area contributed by atoms with Crippen molar-refractivity contribution >= 4 is 23.7 Å². The lowest BCUT2D eigenvalue weighted by Gasteiger charge is -2.22. The van der Waals surface area contributed by atoms with Gasteiger partial charge in [-0.1, -0.05) is 90.4 Å². The Hall–Kier alpha value is -0.970. The monoisotopic (exact) mass is 447 g/mol. The zero-order chi connectivity index (χ0) is 22.5. The molecule has 0 fully saturated rings. The van der Waals surface area contributed by atoms with Crippen molar-refractivity contribution < 1.29 is 19.1 Å². The van der Waals surface area contributed by atoms with Gasteiger partial charge in [-0.25, -0.2) is 9.59 Å². The predicted molar refractivity (Wildman–Crippen MR) is 125 cm³/mol. The highest BCUT2D eigenvalue weighted by Crippen LogP contribution is 2.13. The highest BCUT2D eigenvalue weighted by molar-refractivity contribution is 6.17. The van der Waals surface area contributed by atoms with Crippen LogP contribution < -0.4 is 0 Å². The van der Waals surface area contributed by atoms with Crippen molar-refractivity contribution in [3.8, 4) is 0 Å². The van der Waals surface area contributed by atoms with Gasteiger partial charge < -0.3 is 9.47 Å². The Morgan fingerprint density at radius 2 is 1.17 bits per heavy atom. The summed E-state index contributed by atoms with van der Waals surface area (Å²) in [7, 11) is 1.54. The fourth-order valence-electron chi connectivity index (χ4n) is 3.22. The Bertz CT molecular complexity index is 420. The van der Waals surface area contributed by atoms with Gasteiger partial charge in [0.1, 0.15) is 6.04 Å². The molecule has 0 aromatic heterocycles. The Kier molecular flexibility index (Phi) is 20.6. The summed E-state index contributed by atoms with van der Waals surface area (Å²) in [5, 5.41) is 0. The molecular weight excluding hydrogens is 402 g/mol. The summed E-state index contributed by atoms with van der Waals surface area (Å²) in [5.41, 5.74) is 0. The number of nitrogens with zero attached hydrogens (tertiary/aromatic N) is 1. The molecule has 0 saturated carbocycles. The minimum atomic E-state index is -0.653. The molecule has 0 rings (SSSR count). The number of alkyl halides is 1. The molecule has 0 aromatic carbocycles. The summed E-state index contributed by atoms with van der Waals surface area (Å²) in [6.45, 7) is 4.58. The summed E-state index contributed by atoms with van der Waals surface area (Å²) < 4.78 is 10.3. The average Bonchev–Trinajstić information content (AvgIpc) is 2.75. The molecule has 0 aliphatic heterocycles. The van der Waals surface area contributed by atoms with Gasteiger partial charge in [0.15, 0.2) is 0 Å². The standard InChI is InChI=1S/C24H46ClNO4/c1-4-5-6-7-8-9-10-11-12-13-14-15-16-17-20-29-23(27)22(2)26(3)24(28)30-21-18-19-25/h22H,4-21H2,1-3H3. The van der Waals surface area contributed by atoms with Crippen LogP contribution in [0, 0.1) is 0 Å². The molecule has 1 unspecified atom stereocenters. The zero-order valence-corrected chi connectivity index (χ0v) is 20.5. The number of ether oxygens (including phenoxy) is 2. The Morgan fingerprint density at radius 3 is 1.63 bits per heavy atom. The number of rotatable bonds is 20. The molecule has 0 saturated heterocycles. The lowest BCUT2D eigenvalue weighted by atomic mass is 10.0. The van der Waals surface area contributed by atoms with Crippen molar-refractivity contribution in [2.45, 2.75) is 116 Å². The molecule has 0 N–H and O–H groups in total. The summed E-state index contributed by atoms with van der Waals surface area (Å²) >= 11 is 5.55. The van der Waals surface area contributed by atoms with Crippen molar-refractivity contribution in [3.63, 3.8) is 0 Å². The van der Waals surface area contributed by atoms with Gasteiger partial charge in [-0.15, -0.1) is 11.6 Å². The molecule has 178 valence electrons. The van der Waals surface area contributed by atoms with Gasteiger partial charge in [-0.2, -0.15) is 0 Å². The lowest BCUT2D eigenvalue weighted by Crippen LogP contribution is -2.41. The number of hydrogen-bond acceptors (Lipinski definition) is 4. The molecule has 0 radical (unpaired) electrons. The van der Waals surface area contributed by atoms with E-state index in [0.29, 0.717) is 18.9 Å². The molecule has 0 aliphatic carbocycles. The van der Waals surface area contributed by atoms with Crippen molar-refractivity contribution in [2.75, 3.05) is 26.1 Å². The van der Waals surface area contributed by atoms with Crippen LogP contribution in [-0.2, 0) is 14.3 Å². The van der Waals surface area contributed by atoms with Crippen molar-refractivity contribution in [1.82, 2.24) is 4.90 Å². The molecule has 0 bridgehead atoms. The van der Waals surface area contributed by atoms with E-state index in [-0.39, 0.29) is 12.6 Å². The summed E-state index contributed by atoms with van der Waals surface area (Å²) in [4.78, 5) is 25.2. The first-order valence-electron chi connectivity index (χ1n) is 12.2. The van der Waals surface area contributed by atoms with Crippen LogP contribution in [0.15, 0.2) is 0 Å². The molecule has 0 heterocycles. The van der Waals surface area contributed by atoms with E-state index in [1.165, 1.54) is 81.9 Å².